The van der Waals surface area contributed by atoms with Crippen LogP contribution in [0.15, 0.2) is 205 Å². The van der Waals surface area contributed by atoms with Gasteiger partial charge in [0.15, 0.2) is 0 Å². The number of thiazole rings is 2. The molecule has 2 aromatic heterocycles. The molecule has 2 heterocycles. The number of unbranched alkanes of at least 4 members (excludes halogenated alkanes) is 8. The molecule has 0 saturated carbocycles. The van der Waals surface area contributed by atoms with E-state index >= 15 is 0 Å². The summed E-state index contributed by atoms with van der Waals surface area (Å²) in [5.41, 5.74) is 10.9. The molecule has 0 aliphatic carbocycles. The monoisotopic (exact) mass is 1350 g/mol. The predicted octanol–water partition coefficient (Wildman–Crippen LogP) is 17.4. The van der Waals surface area contributed by atoms with Gasteiger partial charge in [0, 0.05) is 17.2 Å². The van der Waals surface area contributed by atoms with Gasteiger partial charge in [-0.05, 0) is 195 Å². The number of anilines is 2. The molecule has 10 rings (SSSR count). The number of carbonyl (C=O) groups excluding carboxylic acids is 5. The third-order valence-electron chi connectivity index (χ3n) is 15.2. The number of nitrogens with one attached hydrogen (secondary N) is 2. The molecule has 19 nitrogen and oxygen atoms in total. The Kier molecular flexibility index (Phi) is 25.0. The SMILES string of the molecule is C=CC(=O)OCCCCCCOc1ccc(C(=O)Oc2ccc(C(=O)Oc3ccc(OCCCCCCCCOc4ccc(OC(=O)c5ccc(OC(=O)c6ccc(C(C)(C)C)cc6)cc5)c(/C=N/Nc5nc6ccccc6s5)c4)cc3/C=N/Nc3nc4ccccc4s3)cc2)cc1. The number of fused-ring (bicyclic) bond motifs is 2. The van der Waals surface area contributed by atoms with Gasteiger partial charge in [-0.25, -0.2) is 33.9 Å². The van der Waals surface area contributed by atoms with Gasteiger partial charge in [0.1, 0.15) is 40.2 Å². The zero-order valence-electron chi connectivity index (χ0n) is 54.6. The highest BCUT2D eigenvalue weighted by atomic mass is 32.1. The summed E-state index contributed by atoms with van der Waals surface area (Å²) in [6.45, 7) is 11.5. The number of hydrogen-bond acceptors (Lipinski definition) is 21. The van der Waals surface area contributed by atoms with E-state index in [1.54, 1.807) is 109 Å². The Morgan fingerprint density at radius 3 is 1.19 bits per heavy atom. The Morgan fingerprint density at radius 2 is 0.786 bits per heavy atom. The molecule has 0 bridgehead atoms. The van der Waals surface area contributed by atoms with Gasteiger partial charge in [0.05, 0.1) is 81.5 Å². The minimum Gasteiger partial charge on any atom is -0.494 e. The molecule has 502 valence electrons. The number of nitrogens with zero attached hydrogens (tertiary/aromatic N) is 4. The number of para-hydroxylation sites is 2. The second kappa shape index (κ2) is 35.1. The summed E-state index contributed by atoms with van der Waals surface area (Å²) in [6, 6.07) is 52.2. The van der Waals surface area contributed by atoms with Crippen LogP contribution in [0.3, 0.4) is 0 Å². The minimum atomic E-state index is -0.636. The maximum absolute atomic E-state index is 13.6. The van der Waals surface area contributed by atoms with Crippen molar-refractivity contribution in [1.29, 1.82) is 0 Å². The van der Waals surface area contributed by atoms with E-state index in [9.17, 15) is 24.0 Å². The van der Waals surface area contributed by atoms with Crippen molar-refractivity contribution in [3.05, 3.63) is 234 Å². The highest BCUT2D eigenvalue weighted by Gasteiger charge is 2.19. The number of esters is 5. The Balaban J connectivity index is 0.674. The van der Waals surface area contributed by atoms with Crippen LogP contribution in [0.5, 0.6) is 40.2 Å². The van der Waals surface area contributed by atoms with E-state index in [1.807, 2.05) is 60.7 Å². The van der Waals surface area contributed by atoms with Gasteiger partial charge >= 0.3 is 29.8 Å². The van der Waals surface area contributed by atoms with Gasteiger partial charge in [0.25, 0.3) is 0 Å². The van der Waals surface area contributed by atoms with Crippen LogP contribution >= 0.6 is 22.7 Å². The third kappa shape index (κ3) is 21.0. The van der Waals surface area contributed by atoms with Crippen molar-refractivity contribution in [2.45, 2.75) is 90.4 Å². The molecule has 0 radical (unpaired) electrons. The molecule has 0 unspecified atom stereocenters. The Morgan fingerprint density at radius 1 is 0.429 bits per heavy atom. The van der Waals surface area contributed by atoms with Crippen LogP contribution in [0, 0.1) is 0 Å². The molecule has 0 spiro atoms. The molecule has 0 aliphatic rings. The molecule has 0 atom stereocenters. The fraction of sp³-hybridized carbons (Fsp3) is 0.234. The summed E-state index contributed by atoms with van der Waals surface area (Å²) in [4.78, 5) is 73.5. The lowest BCUT2D eigenvalue weighted by Gasteiger charge is -2.18. The quantitative estimate of drug-likeness (QED) is 0.00953. The Hall–Kier alpha value is -11.0. The fourth-order valence-corrected chi connectivity index (χ4v) is 11.4. The summed E-state index contributed by atoms with van der Waals surface area (Å²) in [5.74, 6) is 0.0485. The van der Waals surface area contributed by atoms with Gasteiger partial charge in [0.2, 0.25) is 10.3 Å². The highest BCUT2D eigenvalue weighted by Crippen LogP contribution is 2.31. The van der Waals surface area contributed by atoms with Crippen LogP contribution < -0.4 is 44.0 Å². The first-order chi connectivity index (χ1) is 47.7. The lowest BCUT2D eigenvalue weighted by Crippen LogP contribution is -2.13. The molecule has 21 heteroatoms. The van der Waals surface area contributed by atoms with E-state index in [0.29, 0.717) is 76.2 Å². The van der Waals surface area contributed by atoms with Gasteiger partial charge < -0.3 is 37.9 Å². The second-order valence-electron chi connectivity index (χ2n) is 23.5. The number of hydrazone groups is 2. The van der Waals surface area contributed by atoms with Crippen LogP contribution in [-0.2, 0) is 14.9 Å². The van der Waals surface area contributed by atoms with Crippen molar-refractivity contribution in [3.63, 3.8) is 0 Å². The molecule has 10 aromatic rings. The molecule has 0 aliphatic heterocycles. The van der Waals surface area contributed by atoms with Crippen LogP contribution in [0.2, 0.25) is 0 Å². The smallest absolute Gasteiger partial charge is 0.343 e. The van der Waals surface area contributed by atoms with E-state index in [1.165, 1.54) is 46.9 Å². The number of aromatic nitrogens is 2. The number of carbonyl (C=O) groups is 5. The average Bonchev–Trinajstić information content (AvgIpc) is 0.974. The van der Waals surface area contributed by atoms with Crippen molar-refractivity contribution in [1.82, 2.24) is 9.97 Å². The standard InChI is InChI=1S/C77H74N6O13S2/c1-5-70(84)92-47-19-11-10-18-44-89-59-34-26-53(27-35-59)72(86)94-61-38-30-55(31-39-61)74(88)96-67-43-41-63(49-57(67)51-79-83-76-81-65-21-13-15-23-69(65)98-76)91-46-17-9-7-6-8-16-45-90-62-40-42-66(56(48-62)50-78-82-75-80-64-20-12-14-22-68(64)97-75)95-73(87)54-28-36-60(37-29-54)93-71(85)52-24-32-58(33-25-52)77(2,3)4/h5,12-15,20-43,48-51H,1,6-11,16-19,44-47H2,2-4H3,(H,80,82)(H,81,83)/b78-50+,79-51+. The summed E-state index contributed by atoms with van der Waals surface area (Å²) >= 11 is 2.92. The lowest BCUT2D eigenvalue weighted by atomic mass is 9.87. The van der Waals surface area contributed by atoms with Gasteiger partial charge in [-0.15, -0.1) is 0 Å². The Bertz CT molecular complexity index is 4350. The molecule has 98 heavy (non-hydrogen) atoms. The van der Waals surface area contributed by atoms with Crippen molar-refractivity contribution < 1.29 is 61.9 Å². The molecular formula is C77H74N6O13S2. The predicted molar refractivity (Wildman–Crippen MR) is 383 cm³/mol. The molecule has 0 amide bonds. The van der Waals surface area contributed by atoms with Gasteiger partial charge in [-0.1, -0.05) is 112 Å². The van der Waals surface area contributed by atoms with E-state index in [2.05, 4.69) is 58.4 Å². The molecular weight excluding hydrogens is 1280 g/mol. The first-order valence-corrected chi connectivity index (χ1v) is 33.9. The second-order valence-corrected chi connectivity index (χ2v) is 25.6. The summed E-state index contributed by atoms with van der Waals surface area (Å²) in [5, 5.41) is 10.1. The van der Waals surface area contributed by atoms with Crippen LogP contribution in [-0.4, -0.2) is 78.7 Å². The highest BCUT2D eigenvalue weighted by molar-refractivity contribution is 7.22. The zero-order valence-corrected chi connectivity index (χ0v) is 56.2. The minimum absolute atomic E-state index is 0.0554. The van der Waals surface area contributed by atoms with Crippen molar-refractivity contribution in [2.24, 2.45) is 10.2 Å². The van der Waals surface area contributed by atoms with Crippen molar-refractivity contribution >= 4 is 95.6 Å². The number of rotatable bonds is 34. The summed E-state index contributed by atoms with van der Waals surface area (Å²) < 4.78 is 48.3. The number of benzene rings is 8. The van der Waals surface area contributed by atoms with Crippen LogP contribution in [0.4, 0.5) is 10.3 Å². The number of hydrogen-bond donors (Lipinski definition) is 2. The van der Waals surface area contributed by atoms with Gasteiger partial charge in [-0.3, -0.25) is 10.9 Å². The van der Waals surface area contributed by atoms with Crippen LogP contribution in [0.1, 0.15) is 143 Å². The summed E-state index contributed by atoms with van der Waals surface area (Å²) in [7, 11) is 0. The first-order valence-electron chi connectivity index (χ1n) is 32.2. The van der Waals surface area contributed by atoms with E-state index in [-0.39, 0.29) is 39.5 Å². The molecule has 2 N–H and O–H groups in total. The first kappa shape index (κ1) is 69.8. The lowest BCUT2D eigenvalue weighted by molar-refractivity contribution is -0.137. The third-order valence-corrected chi connectivity index (χ3v) is 17.0. The van der Waals surface area contributed by atoms with E-state index in [4.69, 9.17) is 37.9 Å². The Labute approximate surface area is 576 Å². The van der Waals surface area contributed by atoms with Crippen molar-refractivity contribution in [3.8, 4) is 40.2 Å². The average molecular weight is 1360 g/mol. The fourth-order valence-electron chi connectivity index (χ4n) is 9.81. The summed E-state index contributed by atoms with van der Waals surface area (Å²) in [6.07, 6.45) is 13.2. The number of ether oxygens (including phenoxy) is 8. The van der Waals surface area contributed by atoms with E-state index < -0.39 is 29.8 Å². The molecule has 8 aromatic carbocycles. The molecule has 0 saturated heterocycles. The largest absolute Gasteiger partial charge is 0.494 e. The normalized spacial score (nSPS) is 11.3. The zero-order chi connectivity index (χ0) is 68.5. The van der Waals surface area contributed by atoms with E-state index in [0.717, 1.165) is 96.3 Å². The molecule has 0 fully saturated rings. The maximum Gasteiger partial charge on any atom is 0.343 e. The van der Waals surface area contributed by atoms with Gasteiger partial charge in [-0.2, -0.15) is 10.2 Å². The van der Waals surface area contributed by atoms with Crippen LogP contribution in [0.25, 0.3) is 20.4 Å². The maximum atomic E-state index is 13.6. The topological polar surface area (TPSA) is 234 Å². The van der Waals surface area contributed by atoms with Crippen molar-refractivity contribution in [2.75, 3.05) is 37.3 Å².